The minimum absolute atomic E-state index is 0.122. The number of hydrogen-bond donors (Lipinski definition) is 2. The van der Waals surface area contributed by atoms with E-state index < -0.39 is 36.0 Å². The second-order valence-corrected chi connectivity index (χ2v) is 5.22. The molecule has 7 heteroatoms. The van der Waals surface area contributed by atoms with E-state index in [2.05, 4.69) is 5.32 Å². The van der Waals surface area contributed by atoms with Crippen molar-refractivity contribution in [2.45, 2.75) is 12.5 Å². The van der Waals surface area contributed by atoms with Gasteiger partial charge in [-0.3, -0.25) is 4.79 Å². The van der Waals surface area contributed by atoms with Crippen LogP contribution in [0.15, 0.2) is 35.7 Å². The van der Waals surface area contributed by atoms with Crippen molar-refractivity contribution >= 4 is 23.2 Å². The second-order valence-electron chi connectivity index (χ2n) is 4.24. The lowest BCUT2D eigenvalue weighted by molar-refractivity contribution is -0.141. The van der Waals surface area contributed by atoms with Crippen LogP contribution in [0.1, 0.15) is 16.5 Å². The predicted molar refractivity (Wildman–Crippen MR) is 72.9 cm³/mol. The summed E-state index contributed by atoms with van der Waals surface area (Å²) in [6, 6.07) is 5.55. The molecule has 0 saturated carbocycles. The molecule has 1 heterocycles. The molecule has 1 unspecified atom stereocenters. The summed E-state index contributed by atoms with van der Waals surface area (Å²) in [7, 11) is 0. The summed E-state index contributed by atoms with van der Waals surface area (Å²) in [5, 5.41) is 13.1. The van der Waals surface area contributed by atoms with Crippen molar-refractivity contribution in [3.63, 3.8) is 0 Å². The van der Waals surface area contributed by atoms with E-state index in [4.69, 9.17) is 5.11 Å². The highest BCUT2D eigenvalue weighted by atomic mass is 32.1. The Morgan fingerprint density at radius 2 is 2.00 bits per heavy atom. The lowest BCUT2D eigenvalue weighted by Gasteiger charge is -2.13. The van der Waals surface area contributed by atoms with Crippen molar-refractivity contribution in [3.05, 3.63) is 57.8 Å². The van der Waals surface area contributed by atoms with Gasteiger partial charge in [0, 0.05) is 10.4 Å². The first-order chi connectivity index (χ1) is 9.99. The minimum Gasteiger partial charge on any atom is -0.479 e. The summed E-state index contributed by atoms with van der Waals surface area (Å²) < 4.78 is 26.5. The number of halogens is 2. The number of carboxylic acid groups (broad SMARTS) is 1. The highest BCUT2D eigenvalue weighted by Crippen LogP contribution is 2.19. The molecule has 0 aliphatic carbocycles. The quantitative estimate of drug-likeness (QED) is 0.891. The Bertz CT molecular complexity index is 658. The molecule has 2 rings (SSSR count). The number of carbonyl (C=O) groups is 2. The Hall–Kier alpha value is -2.28. The molecule has 4 nitrogen and oxygen atoms in total. The van der Waals surface area contributed by atoms with Crippen molar-refractivity contribution in [3.8, 4) is 0 Å². The minimum atomic E-state index is -1.22. The van der Waals surface area contributed by atoms with Gasteiger partial charge in [0.2, 0.25) is 5.91 Å². The van der Waals surface area contributed by atoms with E-state index in [9.17, 15) is 18.4 Å². The van der Waals surface area contributed by atoms with Gasteiger partial charge in [0.25, 0.3) is 0 Å². The van der Waals surface area contributed by atoms with Crippen LogP contribution in [0.3, 0.4) is 0 Å². The molecule has 0 spiro atoms. The molecule has 0 radical (unpaired) electrons. The molecule has 21 heavy (non-hydrogen) atoms. The second kappa shape index (κ2) is 6.45. The highest BCUT2D eigenvalue weighted by molar-refractivity contribution is 7.10. The summed E-state index contributed by atoms with van der Waals surface area (Å²) in [6.45, 7) is 0. The number of hydrogen-bond acceptors (Lipinski definition) is 3. The van der Waals surface area contributed by atoms with Crippen molar-refractivity contribution in [2.75, 3.05) is 0 Å². The molecular weight excluding hydrogens is 300 g/mol. The van der Waals surface area contributed by atoms with E-state index in [1.54, 1.807) is 17.5 Å². The van der Waals surface area contributed by atoms with Crippen LogP contribution in [0.25, 0.3) is 0 Å². The average molecular weight is 311 g/mol. The zero-order valence-electron chi connectivity index (χ0n) is 10.7. The molecule has 2 aromatic rings. The summed E-state index contributed by atoms with van der Waals surface area (Å²) in [5.41, 5.74) is -0.122. The zero-order chi connectivity index (χ0) is 15.4. The van der Waals surface area contributed by atoms with Gasteiger partial charge in [0.1, 0.15) is 0 Å². The molecule has 0 bridgehead atoms. The van der Waals surface area contributed by atoms with Crippen LogP contribution in [0.4, 0.5) is 8.78 Å². The zero-order valence-corrected chi connectivity index (χ0v) is 11.5. The Balaban J connectivity index is 2.10. The monoisotopic (exact) mass is 311 g/mol. The highest BCUT2D eigenvalue weighted by Gasteiger charge is 2.23. The Kier molecular flexibility index (Phi) is 4.64. The number of amides is 1. The van der Waals surface area contributed by atoms with Gasteiger partial charge in [0.05, 0.1) is 6.42 Å². The van der Waals surface area contributed by atoms with Crippen LogP contribution >= 0.6 is 11.3 Å². The van der Waals surface area contributed by atoms with E-state index in [-0.39, 0.29) is 5.56 Å². The number of rotatable bonds is 5. The third-order valence-corrected chi connectivity index (χ3v) is 3.70. The standard InChI is InChI=1S/C14H11F2NO3S/c15-9-4-1-3-8(12(9)16)7-11(18)17-13(14(19)20)10-5-2-6-21-10/h1-6,13H,7H2,(H,17,18)(H,19,20). The van der Waals surface area contributed by atoms with Crippen molar-refractivity contribution in [2.24, 2.45) is 0 Å². The van der Waals surface area contributed by atoms with Crippen LogP contribution in [0.2, 0.25) is 0 Å². The molecule has 1 aromatic carbocycles. The lowest BCUT2D eigenvalue weighted by Crippen LogP contribution is -2.34. The first kappa shape index (κ1) is 15.1. The van der Waals surface area contributed by atoms with Gasteiger partial charge >= 0.3 is 5.97 Å². The summed E-state index contributed by atoms with van der Waals surface area (Å²) >= 11 is 1.18. The van der Waals surface area contributed by atoms with Gasteiger partial charge in [-0.2, -0.15) is 0 Å². The predicted octanol–water partition coefficient (Wildman–Crippen LogP) is 2.51. The summed E-state index contributed by atoms with van der Waals surface area (Å²) in [4.78, 5) is 23.4. The first-order valence-corrected chi connectivity index (χ1v) is 6.85. The smallest absolute Gasteiger partial charge is 0.331 e. The molecule has 0 aliphatic heterocycles. The maximum atomic E-state index is 13.5. The maximum Gasteiger partial charge on any atom is 0.331 e. The molecule has 1 amide bonds. The van der Waals surface area contributed by atoms with Gasteiger partial charge < -0.3 is 10.4 Å². The number of nitrogens with one attached hydrogen (secondary N) is 1. The largest absolute Gasteiger partial charge is 0.479 e. The fourth-order valence-corrected chi connectivity index (χ4v) is 2.55. The molecule has 1 atom stereocenters. The van der Waals surface area contributed by atoms with Crippen LogP contribution < -0.4 is 5.32 Å². The van der Waals surface area contributed by atoms with Gasteiger partial charge in [0.15, 0.2) is 17.7 Å². The maximum absolute atomic E-state index is 13.5. The van der Waals surface area contributed by atoms with E-state index in [0.717, 1.165) is 6.07 Å². The third-order valence-electron chi connectivity index (χ3n) is 2.76. The molecule has 0 saturated heterocycles. The molecule has 0 aliphatic rings. The summed E-state index contributed by atoms with van der Waals surface area (Å²) in [5.74, 6) is -4.06. The lowest BCUT2D eigenvalue weighted by atomic mass is 10.1. The third kappa shape index (κ3) is 3.63. The van der Waals surface area contributed by atoms with Crippen molar-refractivity contribution < 1.29 is 23.5 Å². The molecular formula is C14H11F2NO3S. The Morgan fingerprint density at radius 1 is 1.24 bits per heavy atom. The van der Waals surface area contributed by atoms with E-state index in [1.165, 1.54) is 23.5 Å². The van der Waals surface area contributed by atoms with Gasteiger partial charge in [-0.05, 0) is 17.5 Å². The molecule has 0 fully saturated rings. The fraction of sp³-hybridized carbons (Fsp3) is 0.143. The van der Waals surface area contributed by atoms with Gasteiger partial charge in [-0.25, -0.2) is 13.6 Å². The van der Waals surface area contributed by atoms with Crippen LogP contribution in [0, 0.1) is 11.6 Å². The number of carbonyl (C=O) groups excluding carboxylic acids is 1. The van der Waals surface area contributed by atoms with Gasteiger partial charge in [-0.15, -0.1) is 11.3 Å². The topological polar surface area (TPSA) is 66.4 Å². The number of aliphatic carboxylic acids is 1. The van der Waals surface area contributed by atoms with E-state index >= 15 is 0 Å². The number of benzene rings is 1. The van der Waals surface area contributed by atoms with Crippen LogP contribution in [0.5, 0.6) is 0 Å². The van der Waals surface area contributed by atoms with E-state index in [0.29, 0.717) is 4.88 Å². The van der Waals surface area contributed by atoms with Crippen LogP contribution in [-0.2, 0) is 16.0 Å². The number of thiophene rings is 1. The van der Waals surface area contributed by atoms with Crippen LogP contribution in [-0.4, -0.2) is 17.0 Å². The van der Waals surface area contributed by atoms with Crippen molar-refractivity contribution in [1.82, 2.24) is 5.32 Å². The van der Waals surface area contributed by atoms with Crippen molar-refractivity contribution in [1.29, 1.82) is 0 Å². The molecule has 2 N–H and O–H groups in total. The normalized spacial score (nSPS) is 11.9. The molecule has 1 aromatic heterocycles. The van der Waals surface area contributed by atoms with Gasteiger partial charge in [-0.1, -0.05) is 18.2 Å². The Morgan fingerprint density at radius 3 is 2.62 bits per heavy atom. The molecule has 110 valence electrons. The number of carboxylic acids is 1. The average Bonchev–Trinajstić information content (AvgIpc) is 2.95. The first-order valence-electron chi connectivity index (χ1n) is 5.97. The Labute approximate surface area is 123 Å². The summed E-state index contributed by atoms with van der Waals surface area (Å²) in [6.07, 6.45) is -0.432. The van der Waals surface area contributed by atoms with E-state index in [1.807, 2.05) is 0 Å². The SMILES string of the molecule is O=C(Cc1cccc(F)c1F)NC(C(=O)O)c1cccs1. The fourth-order valence-electron chi connectivity index (χ4n) is 1.78.